The van der Waals surface area contributed by atoms with Gasteiger partial charge in [-0.05, 0) is 62.4 Å². The van der Waals surface area contributed by atoms with Gasteiger partial charge in [0.1, 0.15) is 0 Å². The maximum absolute atomic E-state index is 12.9. The van der Waals surface area contributed by atoms with Crippen molar-refractivity contribution in [1.82, 2.24) is 4.31 Å². The zero-order valence-corrected chi connectivity index (χ0v) is 18.4. The predicted octanol–water partition coefficient (Wildman–Crippen LogP) is 3.83. The highest BCUT2D eigenvalue weighted by atomic mass is 32.2. The lowest BCUT2D eigenvalue weighted by Gasteiger charge is -2.26. The minimum absolute atomic E-state index is 0.00108. The summed E-state index contributed by atoms with van der Waals surface area (Å²) in [5.74, 6) is -0.231. The van der Waals surface area contributed by atoms with Crippen molar-refractivity contribution in [2.75, 3.05) is 23.7 Å². The molecule has 2 amide bonds. The van der Waals surface area contributed by atoms with Crippen LogP contribution in [0.25, 0.3) is 0 Å². The Hall–Kier alpha value is -2.23. The Morgan fingerprint density at radius 2 is 1.80 bits per heavy atom. The second-order valence-electron chi connectivity index (χ2n) is 7.83. The average molecular weight is 448 g/mol. The van der Waals surface area contributed by atoms with Gasteiger partial charge in [0.2, 0.25) is 15.9 Å². The monoisotopic (exact) mass is 447 g/mol. The third-order valence-electron chi connectivity index (χ3n) is 5.36. The summed E-state index contributed by atoms with van der Waals surface area (Å²) in [5.41, 5.74) is 1.19. The molecule has 4 rings (SSSR count). The number of hydrogen-bond donors (Lipinski definition) is 2. The summed E-state index contributed by atoms with van der Waals surface area (Å²) in [7, 11) is -3.57. The van der Waals surface area contributed by atoms with Crippen LogP contribution in [-0.2, 0) is 14.8 Å². The maximum Gasteiger partial charge on any atom is 0.266 e. The molecular formula is C21H25N3O4S2. The molecule has 1 aliphatic heterocycles. The number of piperidine rings is 1. The van der Waals surface area contributed by atoms with Crippen molar-refractivity contribution in [3.63, 3.8) is 0 Å². The SMILES string of the molecule is Cc1cc(NC(=O)C2CC2)sc1C(=O)Nc1cccc(S(=O)(=O)N2CCCCC2)c1. The summed E-state index contributed by atoms with van der Waals surface area (Å²) in [6.45, 7) is 2.88. The molecule has 1 aromatic heterocycles. The number of nitrogens with one attached hydrogen (secondary N) is 2. The van der Waals surface area contributed by atoms with Gasteiger partial charge in [-0.25, -0.2) is 8.42 Å². The van der Waals surface area contributed by atoms with Gasteiger partial charge >= 0.3 is 0 Å². The summed E-state index contributed by atoms with van der Waals surface area (Å²) >= 11 is 1.22. The van der Waals surface area contributed by atoms with Crippen LogP contribution in [-0.4, -0.2) is 37.6 Å². The third-order valence-corrected chi connectivity index (χ3v) is 8.41. The number of hydrogen-bond acceptors (Lipinski definition) is 5. The number of rotatable bonds is 6. The molecule has 2 aliphatic rings. The molecule has 1 aliphatic carbocycles. The topological polar surface area (TPSA) is 95.6 Å². The van der Waals surface area contributed by atoms with Crippen LogP contribution in [0.3, 0.4) is 0 Å². The number of sulfonamides is 1. The molecule has 7 nitrogen and oxygen atoms in total. The maximum atomic E-state index is 12.9. The van der Waals surface area contributed by atoms with Crippen molar-refractivity contribution >= 4 is 43.9 Å². The van der Waals surface area contributed by atoms with Gasteiger partial charge in [-0.3, -0.25) is 9.59 Å². The van der Waals surface area contributed by atoms with E-state index in [1.807, 2.05) is 6.92 Å². The molecule has 2 N–H and O–H groups in total. The third kappa shape index (κ3) is 4.58. The van der Waals surface area contributed by atoms with E-state index in [0.717, 1.165) is 37.7 Å². The zero-order chi connectivity index (χ0) is 21.3. The molecule has 2 heterocycles. The van der Waals surface area contributed by atoms with E-state index >= 15 is 0 Å². The molecule has 1 aromatic carbocycles. The summed E-state index contributed by atoms with van der Waals surface area (Å²) in [6, 6.07) is 8.15. The van der Waals surface area contributed by atoms with E-state index in [1.165, 1.54) is 21.7 Å². The molecule has 0 spiro atoms. The van der Waals surface area contributed by atoms with E-state index in [-0.39, 0.29) is 22.6 Å². The fraction of sp³-hybridized carbons (Fsp3) is 0.429. The van der Waals surface area contributed by atoms with Gasteiger partial charge in [-0.15, -0.1) is 11.3 Å². The first-order valence-corrected chi connectivity index (χ1v) is 12.4. The number of thiophene rings is 1. The Bertz CT molecular complexity index is 1070. The van der Waals surface area contributed by atoms with E-state index in [0.29, 0.717) is 28.7 Å². The smallest absolute Gasteiger partial charge is 0.266 e. The van der Waals surface area contributed by atoms with Crippen molar-refractivity contribution in [3.05, 3.63) is 40.8 Å². The summed E-state index contributed by atoms with van der Waals surface area (Å²) in [4.78, 5) is 25.4. The highest BCUT2D eigenvalue weighted by Crippen LogP contribution is 2.33. The number of nitrogens with zero attached hydrogens (tertiary/aromatic N) is 1. The molecule has 2 fully saturated rings. The van der Waals surface area contributed by atoms with Gasteiger partial charge in [0.25, 0.3) is 5.91 Å². The normalized spacial score (nSPS) is 17.5. The molecular weight excluding hydrogens is 422 g/mol. The van der Waals surface area contributed by atoms with Gasteiger partial charge < -0.3 is 10.6 Å². The minimum Gasteiger partial charge on any atom is -0.321 e. The molecule has 9 heteroatoms. The van der Waals surface area contributed by atoms with Crippen molar-refractivity contribution in [1.29, 1.82) is 0 Å². The number of aryl methyl sites for hydroxylation is 1. The Kier molecular flexibility index (Phi) is 5.95. The second-order valence-corrected chi connectivity index (χ2v) is 10.8. The van der Waals surface area contributed by atoms with Crippen molar-refractivity contribution in [2.45, 2.75) is 43.9 Å². The van der Waals surface area contributed by atoms with Crippen molar-refractivity contribution in [3.8, 4) is 0 Å². The Labute approximate surface area is 180 Å². The van der Waals surface area contributed by atoms with E-state index in [9.17, 15) is 18.0 Å². The summed E-state index contributed by atoms with van der Waals surface area (Å²) < 4.78 is 27.3. The zero-order valence-electron chi connectivity index (χ0n) is 16.8. The van der Waals surface area contributed by atoms with Crippen LogP contribution in [0.1, 0.15) is 47.3 Å². The van der Waals surface area contributed by atoms with E-state index < -0.39 is 10.0 Å². The largest absolute Gasteiger partial charge is 0.321 e. The predicted molar refractivity (Wildman–Crippen MR) is 117 cm³/mol. The lowest BCUT2D eigenvalue weighted by atomic mass is 10.2. The molecule has 0 unspecified atom stereocenters. The average Bonchev–Trinajstić information content (AvgIpc) is 3.52. The second kappa shape index (κ2) is 8.49. The molecule has 160 valence electrons. The Morgan fingerprint density at radius 3 is 2.50 bits per heavy atom. The van der Waals surface area contributed by atoms with Crippen LogP contribution in [0, 0.1) is 12.8 Å². The van der Waals surface area contributed by atoms with Crippen LogP contribution in [0.2, 0.25) is 0 Å². The van der Waals surface area contributed by atoms with Crippen molar-refractivity contribution < 1.29 is 18.0 Å². The number of amides is 2. The van der Waals surface area contributed by atoms with Crippen LogP contribution < -0.4 is 10.6 Å². The molecule has 2 aromatic rings. The number of anilines is 2. The highest BCUT2D eigenvalue weighted by Gasteiger charge is 2.30. The van der Waals surface area contributed by atoms with Crippen LogP contribution in [0.15, 0.2) is 35.2 Å². The molecule has 1 saturated heterocycles. The van der Waals surface area contributed by atoms with Gasteiger partial charge in [0, 0.05) is 24.7 Å². The van der Waals surface area contributed by atoms with E-state index in [1.54, 1.807) is 24.3 Å². The Morgan fingerprint density at radius 1 is 1.07 bits per heavy atom. The fourth-order valence-corrected chi connectivity index (χ4v) is 6.05. The number of carbonyl (C=O) groups excluding carboxylic acids is 2. The van der Waals surface area contributed by atoms with Crippen LogP contribution in [0.5, 0.6) is 0 Å². The Balaban J connectivity index is 1.48. The van der Waals surface area contributed by atoms with Gasteiger partial charge in [0.05, 0.1) is 14.8 Å². The molecule has 30 heavy (non-hydrogen) atoms. The quantitative estimate of drug-likeness (QED) is 0.703. The van der Waals surface area contributed by atoms with Gasteiger partial charge in [0.15, 0.2) is 0 Å². The van der Waals surface area contributed by atoms with Crippen molar-refractivity contribution in [2.24, 2.45) is 5.92 Å². The van der Waals surface area contributed by atoms with Crippen LogP contribution >= 0.6 is 11.3 Å². The number of carbonyl (C=O) groups is 2. The summed E-state index contributed by atoms with van der Waals surface area (Å²) in [6.07, 6.45) is 4.62. The molecule has 0 atom stereocenters. The summed E-state index contributed by atoms with van der Waals surface area (Å²) in [5, 5.41) is 6.31. The fourth-order valence-electron chi connectivity index (χ4n) is 3.51. The highest BCUT2D eigenvalue weighted by molar-refractivity contribution is 7.89. The first kappa shape index (κ1) is 21.0. The minimum atomic E-state index is -3.57. The number of benzene rings is 1. The molecule has 0 radical (unpaired) electrons. The first-order chi connectivity index (χ1) is 14.3. The van der Waals surface area contributed by atoms with Gasteiger partial charge in [-0.2, -0.15) is 4.31 Å². The lowest BCUT2D eigenvalue weighted by Crippen LogP contribution is -2.35. The van der Waals surface area contributed by atoms with Gasteiger partial charge in [-0.1, -0.05) is 12.5 Å². The van der Waals surface area contributed by atoms with E-state index in [2.05, 4.69) is 10.6 Å². The van der Waals surface area contributed by atoms with Crippen LogP contribution in [0.4, 0.5) is 10.7 Å². The first-order valence-electron chi connectivity index (χ1n) is 10.2. The van der Waals surface area contributed by atoms with E-state index in [4.69, 9.17) is 0 Å². The standard InChI is InChI=1S/C21H25N3O4S2/c1-14-12-18(23-20(25)15-8-9-15)29-19(14)21(26)22-16-6-5-7-17(13-16)30(27,28)24-10-3-2-4-11-24/h5-7,12-13,15H,2-4,8-11H2,1H3,(H,22,26)(H,23,25). The molecule has 1 saturated carbocycles. The molecule has 0 bridgehead atoms. The lowest BCUT2D eigenvalue weighted by molar-refractivity contribution is -0.117.